The minimum absolute atomic E-state index is 0.223. The number of rotatable bonds is 3. The molecule has 18 heavy (non-hydrogen) atoms. The molecule has 0 atom stereocenters. The summed E-state index contributed by atoms with van der Waals surface area (Å²) in [6.45, 7) is 4.12. The summed E-state index contributed by atoms with van der Waals surface area (Å²) in [7, 11) is 0. The normalized spacial score (nSPS) is 10.6. The third-order valence-electron chi connectivity index (χ3n) is 3.23. The zero-order chi connectivity index (χ0) is 13.1. The molecule has 0 aromatic heterocycles. The molecule has 0 aliphatic rings. The summed E-state index contributed by atoms with van der Waals surface area (Å²) < 4.78 is 0. The highest BCUT2D eigenvalue weighted by Crippen LogP contribution is 2.34. The fourth-order valence-electron chi connectivity index (χ4n) is 2.15. The molecule has 0 saturated carbocycles. The molecule has 0 fully saturated rings. The van der Waals surface area contributed by atoms with Crippen LogP contribution in [0.3, 0.4) is 0 Å². The molecule has 0 amide bonds. The van der Waals surface area contributed by atoms with E-state index in [-0.39, 0.29) is 11.5 Å². The van der Waals surface area contributed by atoms with Crippen molar-refractivity contribution in [1.29, 1.82) is 0 Å². The molecule has 2 rings (SSSR count). The van der Waals surface area contributed by atoms with Gasteiger partial charge in [0.2, 0.25) is 0 Å². The van der Waals surface area contributed by atoms with E-state index in [1.54, 1.807) is 18.2 Å². The van der Waals surface area contributed by atoms with Crippen LogP contribution in [0, 0.1) is 0 Å². The Morgan fingerprint density at radius 3 is 2.22 bits per heavy atom. The van der Waals surface area contributed by atoms with Gasteiger partial charge in [0.1, 0.15) is 11.5 Å². The van der Waals surface area contributed by atoms with Gasteiger partial charge in [-0.05, 0) is 47.7 Å². The van der Waals surface area contributed by atoms with Gasteiger partial charge >= 0.3 is 0 Å². The Morgan fingerprint density at radius 2 is 1.61 bits per heavy atom. The van der Waals surface area contributed by atoms with Crippen LogP contribution in [0.1, 0.15) is 25.0 Å². The van der Waals surface area contributed by atoms with E-state index in [1.807, 2.05) is 18.2 Å². The van der Waals surface area contributed by atoms with Gasteiger partial charge in [-0.3, -0.25) is 0 Å². The van der Waals surface area contributed by atoms with E-state index >= 15 is 0 Å². The Morgan fingerprint density at radius 1 is 0.833 bits per heavy atom. The number of phenolic OH excluding ortho intramolecular Hbond substituents is 2. The van der Waals surface area contributed by atoms with E-state index in [0.717, 1.165) is 35.1 Å². The Hall–Kier alpha value is -1.96. The molecule has 0 bridgehead atoms. The van der Waals surface area contributed by atoms with Crippen LogP contribution in [-0.2, 0) is 12.8 Å². The van der Waals surface area contributed by atoms with Gasteiger partial charge in [0, 0.05) is 5.56 Å². The van der Waals surface area contributed by atoms with E-state index < -0.39 is 0 Å². The van der Waals surface area contributed by atoms with E-state index in [1.165, 1.54) is 0 Å². The molecule has 0 aliphatic heterocycles. The fraction of sp³-hybridized carbons (Fsp3) is 0.250. The van der Waals surface area contributed by atoms with Crippen molar-refractivity contribution in [2.75, 3.05) is 0 Å². The van der Waals surface area contributed by atoms with Crippen LogP contribution >= 0.6 is 0 Å². The van der Waals surface area contributed by atoms with Crippen molar-refractivity contribution in [1.82, 2.24) is 0 Å². The molecule has 0 saturated heterocycles. The van der Waals surface area contributed by atoms with Crippen molar-refractivity contribution < 1.29 is 10.2 Å². The second-order valence-corrected chi connectivity index (χ2v) is 4.40. The average molecular weight is 242 g/mol. The van der Waals surface area contributed by atoms with Gasteiger partial charge in [-0.1, -0.05) is 32.0 Å². The zero-order valence-corrected chi connectivity index (χ0v) is 10.8. The summed E-state index contributed by atoms with van der Waals surface area (Å²) >= 11 is 0. The van der Waals surface area contributed by atoms with Crippen molar-refractivity contribution in [3.63, 3.8) is 0 Å². The van der Waals surface area contributed by atoms with Crippen molar-refractivity contribution >= 4 is 0 Å². The van der Waals surface area contributed by atoms with Gasteiger partial charge in [-0.25, -0.2) is 0 Å². The van der Waals surface area contributed by atoms with E-state index in [2.05, 4.69) is 13.8 Å². The van der Waals surface area contributed by atoms with Crippen LogP contribution in [0.5, 0.6) is 11.5 Å². The number of hydrogen-bond acceptors (Lipinski definition) is 2. The number of aromatic hydroxyl groups is 2. The molecule has 2 nitrogen and oxygen atoms in total. The van der Waals surface area contributed by atoms with Crippen molar-refractivity contribution in [3.05, 3.63) is 47.5 Å². The summed E-state index contributed by atoms with van der Waals surface area (Å²) in [4.78, 5) is 0. The van der Waals surface area contributed by atoms with Crippen LogP contribution in [0.4, 0.5) is 0 Å². The zero-order valence-electron chi connectivity index (χ0n) is 10.8. The molecule has 0 unspecified atom stereocenters. The van der Waals surface area contributed by atoms with Gasteiger partial charge in [0.15, 0.2) is 0 Å². The van der Waals surface area contributed by atoms with Gasteiger partial charge in [0.05, 0.1) is 0 Å². The standard InChI is InChI=1S/C16H18O2/c1-3-11-5-8-14(16(18)9-11)15-10-13(17)7-6-12(15)4-2/h5-10,17-18H,3-4H2,1-2H3. The minimum Gasteiger partial charge on any atom is -0.508 e. The van der Waals surface area contributed by atoms with Crippen molar-refractivity contribution in [2.24, 2.45) is 0 Å². The number of aryl methyl sites for hydroxylation is 2. The molecular formula is C16H18O2. The molecule has 94 valence electrons. The van der Waals surface area contributed by atoms with Gasteiger partial charge in [-0.2, -0.15) is 0 Å². The number of benzene rings is 2. The smallest absolute Gasteiger partial charge is 0.123 e. The Bertz CT molecular complexity index is 559. The fourth-order valence-corrected chi connectivity index (χ4v) is 2.15. The van der Waals surface area contributed by atoms with Crippen LogP contribution in [0.25, 0.3) is 11.1 Å². The first-order valence-electron chi connectivity index (χ1n) is 6.29. The largest absolute Gasteiger partial charge is 0.508 e. The van der Waals surface area contributed by atoms with E-state index in [0.29, 0.717) is 0 Å². The SMILES string of the molecule is CCc1ccc(-c2cc(O)ccc2CC)c(O)c1. The predicted octanol–water partition coefficient (Wildman–Crippen LogP) is 3.89. The molecular weight excluding hydrogens is 224 g/mol. The maximum atomic E-state index is 10.1. The highest BCUT2D eigenvalue weighted by Gasteiger charge is 2.09. The lowest BCUT2D eigenvalue weighted by molar-refractivity contribution is 0.473. The highest BCUT2D eigenvalue weighted by molar-refractivity contribution is 5.74. The average Bonchev–Trinajstić information content (AvgIpc) is 2.38. The molecule has 2 aromatic rings. The van der Waals surface area contributed by atoms with Crippen molar-refractivity contribution in [3.8, 4) is 22.6 Å². The van der Waals surface area contributed by atoms with Crippen LogP contribution in [-0.4, -0.2) is 10.2 Å². The predicted molar refractivity (Wildman–Crippen MR) is 74.0 cm³/mol. The molecule has 2 N–H and O–H groups in total. The minimum atomic E-state index is 0.223. The third kappa shape index (κ3) is 2.33. The van der Waals surface area contributed by atoms with E-state index in [4.69, 9.17) is 0 Å². The molecule has 0 radical (unpaired) electrons. The van der Waals surface area contributed by atoms with E-state index in [9.17, 15) is 10.2 Å². The third-order valence-corrected chi connectivity index (χ3v) is 3.23. The summed E-state index contributed by atoms with van der Waals surface area (Å²) in [5.41, 5.74) is 3.90. The monoisotopic (exact) mass is 242 g/mol. The highest BCUT2D eigenvalue weighted by atomic mass is 16.3. The quantitative estimate of drug-likeness (QED) is 0.857. The second kappa shape index (κ2) is 5.13. The Kier molecular flexibility index (Phi) is 3.56. The lowest BCUT2D eigenvalue weighted by atomic mass is 9.96. The maximum absolute atomic E-state index is 10.1. The first kappa shape index (κ1) is 12.5. The van der Waals surface area contributed by atoms with Gasteiger partial charge in [0.25, 0.3) is 0 Å². The molecule has 2 aromatic carbocycles. The first-order valence-corrected chi connectivity index (χ1v) is 6.29. The van der Waals surface area contributed by atoms with Crippen LogP contribution < -0.4 is 0 Å². The maximum Gasteiger partial charge on any atom is 0.123 e. The first-order chi connectivity index (χ1) is 8.65. The van der Waals surface area contributed by atoms with Crippen LogP contribution in [0.2, 0.25) is 0 Å². The molecule has 0 spiro atoms. The van der Waals surface area contributed by atoms with Crippen molar-refractivity contribution in [2.45, 2.75) is 26.7 Å². The summed E-state index contributed by atoms with van der Waals surface area (Å²) in [6.07, 6.45) is 1.76. The molecule has 2 heteroatoms. The lowest BCUT2D eigenvalue weighted by Gasteiger charge is -2.11. The number of phenols is 2. The molecule has 0 heterocycles. The summed E-state index contributed by atoms with van der Waals surface area (Å²) in [5, 5.41) is 19.7. The van der Waals surface area contributed by atoms with Gasteiger partial charge < -0.3 is 10.2 Å². The summed E-state index contributed by atoms with van der Waals surface area (Å²) in [5.74, 6) is 0.496. The molecule has 0 aliphatic carbocycles. The topological polar surface area (TPSA) is 40.5 Å². The lowest BCUT2D eigenvalue weighted by Crippen LogP contribution is -1.89. The Labute approximate surface area is 108 Å². The number of hydrogen-bond donors (Lipinski definition) is 2. The summed E-state index contributed by atoms with van der Waals surface area (Å²) in [6, 6.07) is 11.0. The second-order valence-electron chi connectivity index (χ2n) is 4.40. The van der Waals surface area contributed by atoms with Gasteiger partial charge in [-0.15, -0.1) is 0 Å². The Balaban J connectivity index is 2.57. The van der Waals surface area contributed by atoms with Crippen LogP contribution in [0.15, 0.2) is 36.4 Å².